The van der Waals surface area contributed by atoms with Crippen molar-refractivity contribution in [2.24, 2.45) is 5.92 Å². The van der Waals surface area contributed by atoms with Crippen LogP contribution in [-0.2, 0) is 14.3 Å². The average molecular weight is 398 g/mol. The summed E-state index contributed by atoms with van der Waals surface area (Å²) >= 11 is 0. The van der Waals surface area contributed by atoms with Crippen LogP contribution in [0.2, 0.25) is 0 Å². The molecule has 1 saturated carbocycles. The van der Waals surface area contributed by atoms with Crippen LogP contribution in [-0.4, -0.2) is 88.2 Å². The number of rotatable bonds is 6. The Kier molecular flexibility index (Phi) is 6.96. The van der Waals surface area contributed by atoms with Crippen LogP contribution in [0.4, 0.5) is 4.79 Å². The molecule has 8 nitrogen and oxygen atoms in total. The van der Waals surface area contributed by atoms with Gasteiger partial charge in [0.15, 0.2) is 0 Å². The van der Waals surface area contributed by atoms with Gasteiger partial charge in [-0.05, 0) is 46.0 Å². The Bertz CT molecular complexity index is 597. The molecule has 0 aromatic heterocycles. The minimum Gasteiger partial charge on any atom is -0.480 e. The fourth-order valence-corrected chi connectivity index (χ4v) is 3.57. The molecule has 8 heteroatoms. The molecule has 2 atom stereocenters. The summed E-state index contributed by atoms with van der Waals surface area (Å²) in [6, 6.07) is -1.18. The van der Waals surface area contributed by atoms with E-state index in [1.54, 1.807) is 27.8 Å². The molecule has 1 saturated heterocycles. The van der Waals surface area contributed by atoms with Gasteiger partial charge in [0.25, 0.3) is 0 Å². The second-order valence-electron chi connectivity index (χ2n) is 9.35. The van der Waals surface area contributed by atoms with E-state index in [0.29, 0.717) is 32.1 Å². The summed E-state index contributed by atoms with van der Waals surface area (Å²) in [6.45, 7) is 10.6. The topological polar surface area (TPSA) is 90.4 Å². The molecule has 0 radical (unpaired) electrons. The van der Waals surface area contributed by atoms with E-state index in [1.807, 2.05) is 13.8 Å². The van der Waals surface area contributed by atoms with Crippen molar-refractivity contribution in [3.63, 3.8) is 0 Å². The molecule has 0 aromatic rings. The average Bonchev–Trinajstić information content (AvgIpc) is 3.41. The van der Waals surface area contributed by atoms with Crippen LogP contribution in [0.3, 0.4) is 0 Å². The molecule has 1 N–H and O–H groups in total. The van der Waals surface area contributed by atoms with Crippen molar-refractivity contribution in [3.8, 4) is 0 Å². The van der Waals surface area contributed by atoms with Crippen molar-refractivity contribution in [2.75, 3.05) is 26.7 Å². The molecule has 28 heavy (non-hydrogen) atoms. The third-order valence-electron chi connectivity index (χ3n) is 5.17. The van der Waals surface area contributed by atoms with E-state index in [0.717, 1.165) is 12.8 Å². The van der Waals surface area contributed by atoms with E-state index < -0.39 is 29.7 Å². The highest BCUT2D eigenvalue weighted by atomic mass is 16.6. The number of hydrogen-bond acceptors (Lipinski definition) is 5. The van der Waals surface area contributed by atoms with Gasteiger partial charge in [0, 0.05) is 32.7 Å². The number of nitrogens with zero attached hydrogens (tertiary/aromatic N) is 3. The third-order valence-corrected chi connectivity index (χ3v) is 5.17. The minimum absolute atomic E-state index is 0.162. The fraction of sp³-hybridized carbons (Fsp3) is 0.850. The highest BCUT2D eigenvalue weighted by molar-refractivity contribution is 5.89. The number of amides is 2. The van der Waals surface area contributed by atoms with Crippen LogP contribution in [0.1, 0.15) is 53.9 Å². The van der Waals surface area contributed by atoms with Crippen LogP contribution in [0, 0.1) is 5.92 Å². The van der Waals surface area contributed by atoms with Gasteiger partial charge in [0.2, 0.25) is 5.91 Å². The zero-order valence-electron chi connectivity index (χ0n) is 18.0. The van der Waals surface area contributed by atoms with Gasteiger partial charge in [-0.2, -0.15) is 0 Å². The summed E-state index contributed by atoms with van der Waals surface area (Å²) in [5, 5.41) is 9.72. The lowest BCUT2D eigenvalue weighted by Gasteiger charge is -2.42. The number of carboxylic acid groups (broad SMARTS) is 1. The van der Waals surface area contributed by atoms with Crippen LogP contribution in [0.15, 0.2) is 0 Å². The number of aliphatic carboxylic acids is 1. The second kappa shape index (κ2) is 8.68. The molecule has 1 aliphatic carbocycles. The van der Waals surface area contributed by atoms with Gasteiger partial charge in [0.1, 0.15) is 17.7 Å². The molecule has 1 heterocycles. The van der Waals surface area contributed by atoms with Gasteiger partial charge < -0.3 is 14.7 Å². The Hall–Kier alpha value is -1.83. The maximum absolute atomic E-state index is 13.3. The van der Waals surface area contributed by atoms with Crippen molar-refractivity contribution in [1.29, 1.82) is 0 Å². The first kappa shape index (κ1) is 22.5. The fourth-order valence-electron chi connectivity index (χ4n) is 3.57. The molecule has 2 fully saturated rings. The SMILES string of the molecule is CC(C)C[C@@H](C(=O)N1CCN(C2CC2)C[C@@H]1C(=O)O)N(C)C(=O)OC(C)(C)C. The van der Waals surface area contributed by atoms with Crippen LogP contribution >= 0.6 is 0 Å². The quantitative estimate of drug-likeness (QED) is 0.737. The third kappa shape index (κ3) is 5.83. The van der Waals surface area contributed by atoms with Gasteiger partial charge in [-0.1, -0.05) is 13.8 Å². The standard InChI is InChI=1S/C20H35N3O5/c1-13(2)11-15(21(6)19(27)28-20(3,4)5)17(24)23-10-9-22(14-7-8-14)12-16(23)18(25)26/h13-16H,7-12H2,1-6H3,(H,25,26)/t15-,16+/m0/s1. The Morgan fingerprint density at radius 2 is 1.79 bits per heavy atom. The smallest absolute Gasteiger partial charge is 0.410 e. The summed E-state index contributed by atoms with van der Waals surface area (Å²) < 4.78 is 5.42. The van der Waals surface area contributed by atoms with Crippen molar-refractivity contribution in [1.82, 2.24) is 14.7 Å². The van der Waals surface area contributed by atoms with Crippen LogP contribution < -0.4 is 0 Å². The van der Waals surface area contributed by atoms with E-state index in [9.17, 15) is 19.5 Å². The zero-order chi connectivity index (χ0) is 21.2. The predicted octanol–water partition coefficient (Wildman–Crippen LogP) is 2.03. The monoisotopic (exact) mass is 397 g/mol. The summed E-state index contributed by atoms with van der Waals surface area (Å²) in [5.41, 5.74) is -0.670. The molecular weight excluding hydrogens is 362 g/mol. The van der Waals surface area contributed by atoms with Crippen molar-refractivity contribution >= 4 is 18.0 Å². The van der Waals surface area contributed by atoms with Crippen molar-refractivity contribution < 1.29 is 24.2 Å². The van der Waals surface area contributed by atoms with Crippen molar-refractivity contribution in [2.45, 2.75) is 77.6 Å². The second-order valence-corrected chi connectivity index (χ2v) is 9.35. The predicted molar refractivity (Wildman–Crippen MR) is 105 cm³/mol. The number of carbonyl (C=O) groups is 3. The molecule has 2 aliphatic rings. The van der Waals surface area contributed by atoms with Crippen LogP contribution in [0.25, 0.3) is 0 Å². The lowest BCUT2D eigenvalue weighted by molar-refractivity contribution is -0.156. The molecule has 0 bridgehead atoms. The summed E-state index contributed by atoms with van der Waals surface area (Å²) in [5.74, 6) is -1.15. The summed E-state index contributed by atoms with van der Waals surface area (Å²) in [7, 11) is 1.55. The first-order valence-corrected chi connectivity index (χ1v) is 10.1. The lowest BCUT2D eigenvalue weighted by atomic mass is 10.00. The number of hydrogen-bond donors (Lipinski definition) is 1. The minimum atomic E-state index is -0.998. The number of carboxylic acids is 1. The molecular formula is C20H35N3O5. The Balaban J connectivity index is 2.18. The maximum atomic E-state index is 13.3. The molecule has 0 aromatic carbocycles. The van der Waals surface area contributed by atoms with E-state index in [2.05, 4.69) is 4.90 Å². The Morgan fingerprint density at radius 1 is 1.18 bits per heavy atom. The number of likely N-dealkylation sites (N-methyl/N-ethyl adjacent to an activating group) is 1. The largest absolute Gasteiger partial charge is 0.480 e. The van der Waals surface area contributed by atoms with Gasteiger partial charge in [0.05, 0.1) is 0 Å². The lowest BCUT2D eigenvalue weighted by Crippen LogP contribution is -2.62. The van der Waals surface area contributed by atoms with E-state index in [-0.39, 0.29) is 11.8 Å². The zero-order valence-corrected chi connectivity index (χ0v) is 18.0. The summed E-state index contributed by atoms with van der Waals surface area (Å²) in [4.78, 5) is 42.7. The molecule has 0 spiro atoms. The summed E-state index contributed by atoms with van der Waals surface area (Å²) in [6.07, 6.45) is 2.06. The molecule has 0 unspecified atom stereocenters. The van der Waals surface area contributed by atoms with Gasteiger partial charge in [-0.15, -0.1) is 0 Å². The van der Waals surface area contributed by atoms with E-state index in [1.165, 1.54) is 9.80 Å². The first-order chi connectivity index (χ1) is 12.9. The normalized spacial score (nSPS) is 22.1. The van der Waals surface area contributed by atoms with E-state index >= 15 is 0 Å². The van der Waals surface area contributed by atoms with Gasteiger partial charge in [-0.3, -0.25) is 14.6 Å². The Labute approximate surface area is 167 Å². The van der Waals surface area contributed by atoms with Gasteiger partial charge >= 0.3 is 12.1 Å². The number of ether oxygens (including phenoxy) is 1. The molecule has 2 amide bonds. The highest BCUT2D eigenvalue weighted by Crippen LogP contribution is 2.29. The highest BCUT2D eigenvalue weighted by Gasteiger charge is 2.43. The first-order valence-electron chi connectivity index (χ1n) is 10.1. The van der Waals surface area contributed by atoms with Crippen molar-refractivity contribution in [3.05, 3.63) is 0 Å². The van der Waals surface area contributed by atoms with Gasteiger partial charge in [-0.25, -0.2) is 9.59 Å². The Morgan fingerprint density at radius 3 is 2.25 bits per heavy atom. The van der Waals surface area contributed by atoms with Crippen LogP contribution in [0.5, 0.6) is 0 Å². The number of piperazine rings is 1. The molecule has 160 valence electrons. The number of carbonyl (C=O) groups excluding carboxylic acids is 2. The maximum Gasteiger partial charge on any atom is 0.410 e. The molecule has 2 rings (SSSR count). The molecule has 1 aliphatic heterocycles. The van der Waals surface area contributed by atoms with E-state index in [4.69, 9.17) is 4.74 Å².